The minimum absolute atomic E-state index is 0.0995. The summed E-state index contributed by atoms with van der Waals surface area (Å²) in [5, 5.41) is 7.97. The molecule has 1 aromatic rings. The Morgan fingerprint density at radius 1 is 1.43 bits per heavy atom. The molecule has 1 heterocycles. The zero-order chi connectivity index (χ0) is 15.5. The lowest BCUT2D eigenvalue weighted by atomic mass is 9.74. The van der Waals surface area contributed by atoms with Gasteiger partial charge in [0.05, 0.1) is 30.6 Å². The van der Waals surface area contributed by atoms with E-state index < -0.39 is 0 Å². The van der Waals surface area contributed by atoms with Crippen LogP contribution in [0.25, 0.3) is 0 Å². The van der Waals surface area contributed by atoms with Gasteiger partial charge < -0.3 is 14.8 Å². The Kier molecular flexibility index (Phi) is 5.27. The smallest absolute Gasteiger partial charge is 0.161 e. The Labute approximate surface area is 128 Å². The lowest BCUT2D eigenvalue weighted by Crippen LogP contribution is -2.48. The van der Waals surface area contributed by atoms with Crippen LogP contribution < -0.4 is 10.1 Å². The molecule has 1 fully saturated rings. The van der Waals surface area contributed by atoms with Crippen LogP contribution in [0.1, 0.15) is 51.3 Å². The summed E-state index contributed by atoms with van der Waals surface area (Å²) < 4.78 is 13.5. The number of rotatable bonds is 6. The van der Waals surface area contributed by atoms with E-state index in [0.29, 0.717) is 0 Å². The Hall–Kier alpha value is -1.07. The molecule has 1 unspecified atom stereocenters. The summed E-state index contributed by atoms with van der Waals surface area (Å²) in [6.45, 7) is 5.34. The van der Waals surface area contributed by atoms with Crippen molar-refractivity contribution in [1.82, 2.24) is 15.1 Å². The van der Waals surface area contributed by atoms with Crippen molar-refractivity contribution in [2.75, 3.05) is 20.8 Å². The number of likely N-dealkylation sites (N-methyl/N-ethyl adjacent to an activating group) is 1. The van der Waals surface area contributed by atoms with Gasteiger partial charge in [-0.3, -0.25) is 4.68 Å². The summed E-state index contributed by atoms with van der Waals surface area (Å²) in [7, 11) is 5.51. The molecule has 1 aliphatic carbocycles. The summed E-state index contributed by atoms with van der Waals surface area (Å²) in [5.74, 6) is 1.61. The van der Waals surface area contributed by atoms with Crippen LogP contribution in [-0.2, 0) is 11.8 Å². The zero-order valence-electron chi connectivity index (χ0n) is 14.0. The highest BCUT2D eigenvalue weighted by Gasteiger charge is 2.44. The van der Waals surface area contributed by atoms with E-state index in [0.717, 1.165) is 36.7 Å². The van der Waals surface area contributed by atoms with Gasteiger partial charge in [-0.15, -0.1) is 0 Å². The van der Waals surface area contributed by atoms with Crippen LogP contribution in [0.3, 0.4) is 0 Å². The van der Waals surface area contributed by atoms with E-state index in [4.69, 9.17) is 9.47 Å². The van der Waals surface area contributed by atoms with Gasteiger partial charge in [0.25, 0.3) is 0 Å². The van der Waals surface area contributed by atoms with Gasteiger partial charge in [-0.2, -0.15) is 5.10 Å². The lowest BCUT2D eigenvalue weighted by molar-refractivity contribution is -0.0778. The predicted molar refractivity (Wildman–Crippen MR) is 83.5 cm³/mol. The third-order valence-corrected chi connectivity index (χ3v) is 4.90. The highest BCUT2D eigenvalue weighted by atomic mass is 16.5. The molecule has 0 aromatic carbocycles. The molecule has 0 bridgehead atoms. The molecule has 0 spiro atoms. The van der Waals surface area contributed by atoms with Crippen LogP contribution in [0, 0.1) is 5.92 Å². The molecule has 1 aromatic heterocycles. The number of hydrogen-bond acceptors (Lipinski definition) is 4. The number of aromatic nitrogens is 2. The van der Waals surface area contributed by atoms with E-state index in [-0.39, 0.29) is 11.6 Å². The average molecular weight is 295 g/mol. The Bertz CT molecular complexity index is 450. The Morgan fingerprint density at radius 2 is 2.10 bits per heavy atom. The topological polar surface area (TPSA) is 48.3 Å². The highest BCUT2D eigenvalue weighted by Crippen LogP contribution is 2.44. The van der Waals surface area contributed by atoms with Crippen LogP contribution >= 0.6 is 0 Å². The molecule has 5 nitrogen and oxygen atoms in total. The van der Waals surface area contributed by atoms with Gasteiger partial charge >= 0.3 is 0 Å². The third kappa shape index (κ3) is 3.09. The standard InChI is InChI=1S/C16H29N3O2/c1-6-17-15(14-13(20-4)11-18-19(14)3)16(21-5)9-7-12(2)8-10-16/h11-12,15,17H,6-10H2,1-5H3. The molecular formula is C16H29N3O2. The van der Waals surface area contributed by atoms with Gasteiger partial charge in [0.15, 0.2) is 5.75 Å². The molecule has 21 heavy (non-hydrogen) atoms. The van der Waals surface area contributed by atoms with Crippen LogP contribution in [0.15, 0.2) is 6.20 Å². The molecule has 1 saturated carbocycles. The van der Waals surface area contributed by atoms with E-state index in [1.165, 1.54) is 12.8 Å². The van der Waals surface area contributed by atoms with Crippen molar-refractivity contribution in [2.24, 2.45) is 13.0 Å². The van der Waals surface area contributed by atoms with E-state index in [9.17, 15) is 0 Å². The Balaban J connectivity index is 2.39. The van der Waals surface area contributed by atoms with Crippen molar-refractivity contribution in [3.05, 3.63) is 11.9 Å². The molecule has 1 atom stereocenters. The Morgan fingerprint density at radius 3 is 2.62 bits per heavy atom. The van der Waals surface area contributed by atoms with Crippen LogP contribution in [0.2, 0.25) is 0 Å². The number of ether oxygens (including phenoxy) is 2. The molecule has 0 amide bonds. The van der Waals surface area contributed by atoms with Crippen molar-refractivity contribution in [2.45, 2.75) is 51.2 Å². The summed E-state index contributed by atoms with van der Waals surface area (Å²) in [6.07, 6.45) is 6.33. The first-order valence-electron chi connectivity index (χ1n) is 7.92. The summed E-state index contributed by atoms with van der Waals surface area (Å²) in [4.78, 5) is 0. The first-order valence-corrected chi connectivity index (χ1v) is 7.92. The van der Waals surface area contributed by atoms with E-state index >= 15 is 0 Å². The van der Waals surface area contributed by atoms with E-state index in [1.807, 2.05) is 18.8 Å². The molecule has 0 radical (unpaired) electrons. The van der Waals surface area contributed by atoms with Gasteiger partial charge in [-0.25, -0.2) is 0 Å². The highest BCUT2D eigenvalue weighted by molar-refractivity contribution is 5.31. The second kappa shape index (κ2) is 6.79. The molecule has 5 heteroatoms. The SMILES string of the molecule is CCNC(c1c(OC)cnn1C)C1(OC)CCC(C)CC1. The fourth-order valence-electron chi connectivity index (χ4n) is 3.51. The second-order valence-corrected chi connectivity index (χ2v) is 6.16. The normalized spacial score (nSPS) is 27.6. The maximum Gasteiger partial charge on any atom is 0.161 e. The number of nitrogens with one attached hydrogen (secondary N) is 1. The quantitative estimate of drug-likeness (QED) is 0.876. The maximum atomic E-state index is 6.06. The van der Waals surface area contributed by atoms with Gasteiger partial charge in [-0.1, -0.05) is 13.8 Å². The summed E-state index contributed by atoms with van der Waals surface area (Å²) in [6, 6.07) is 0.0995. The molecule has 0 saturated heterocycles. The van der Waals surface area contributed by atoms with Crippen LogP contribution in [-0.4, -0.2) is 36.1 Å². The maximum absolute atomic E-state index is 6.06. The van der Waals surface area contributed by atoms with Crippen molar-refractivity contribution >= 4 is 0 Å². The van der Waals surface area contributed by atoms with E-state index in [1.54, 1.807) is 13.3 Å². The first kappa shape index (κ1) is 16.3. The van der Waals surface area contributed by atoms with Crippen molar-refractivity contribution in [3.63, 3.8) is 0 Å². The zero-order valence-corrected chi connectivity index (χ0v) is 14.0. The first-order chi connectivity index (χ1) is 10.1. The predicted octanol–water partition coefficient (Wildman–Crippen LogP) is 2.67. The second-order valence-electron chi connectivity index (χ2n) is 6.16. The molecule has 2 rings (SSSR count). The van der Waals surface area contributed by atoms with Crippen molar-refractivity contribution in [3.8, 4) is 5.75 Å². The average Bonchev–Trinajstić information content (AvgIpc) is 2.87. The minimum atomic E-state index is -0.177. The summed E-state index contributed by atoms with van der Waals surface area (Å²) >= 11 is 0. The number of hydrogen-bond donors (Lipinski definition) is 1. The van der Waals surface area contributed by atoms with Crippen LogP contribution in [0.4, 0.5) is 0 Å². The number of nitrogens with zero attached hydrogens (tertiary/aromatic N) is 2. The molecule has 1 aliphatic rings. The molecule has 1 N–H and O–H groups in total. The summed E-state index contributed by atoms with van der Waals surface area (Å²) in [5.41, 5.74) is 0.902. The number of aryl methyl sites for hydroxylation is 1. The van der Waals surface area contributed by atoms with Gasteiger partial charge in [0.2, 0.25) is 0 Å². The fourth-order valence-corrected chi connectivity index (χ4v) is 3.51. The molecule has 0 aliphatic heterocycles. The monoisotopic (exact) mass is 295 g/mol. The number of methoxy groups -OCH3 is 2. The van der Waals surface area contributed by atoms with Crippen molar-refractivity contribution in [1.29, 1.82) is 0 Å². The fraction of sp³-hybridized carbons (Fsp3) is 0.812. The molecular weight excluding hydrogens is 266 g/mol. The minimum Gasteiger partial charge on any atom is -0.493 e. The van der Waals surface area contributed by atoms with Gasteiger partial charge in [0, 0.05) is 14.2 Å². The van der Waals surface area contributed by atoms with E-state index in [2.05, 4.69) is 24.3 Å². The van der Waals surface area contributed by atoms with Gasteiger partial charge in [0.1, 0.15) is 0 Å². The molecule has 120 valence electrons. The van der Waals surface area contributed by atoms with Crippen LogP contribution in [0.5, 0.6) is 5.75 Å². The van der Waals surface area contributed by atoms with Crippen molar-refractivity contribution < 1.29 is 9.47 Å². The largest absolute Gasteiger partial charge is 0.493 e. The lowest BCUT2D eigenvalue weighted by Gasteiger charge is -2.44. The van der Waals surface area contributed by atoms with Gasteiger partial charge in [-0.05, 0) is 38.1 Å². The third-order valence-electron chi connectivity index (χ3n) is 4.90.